The fourth-order valence-corrected chi connectivity index (χ4v) is 2.59. The Morgan fingerprint density at radius 3 is 3.00 bits per heavy atom. The number of morpholine rings is 1. The zero-order valence-corrected chi connectivity index (χ0v) is 9.89. The zero-order chi connectivity index (χ0) is 10.3. The van der Waals surface area contributed by atoms with Crippen molar-refractivity contribution in [3.63, 3.8) is 0 Å². The molecule has 1 fully saturated rings. The SMILES string of the molecule is c1csc(C[NH2+]CC[NH+]2CCOCC2)c1. The van der Waals surface area contributed by atoms with Crippen LogP contribution in [0.1, 0.15) is 4.88 Å². The van der Waals surface area contributed by atoms with Gasteiger partial charge in [0.2, 0.25) is 0 Å². The van der Waals surface area contributed by atoms with Crippen LogP contribution in [0.4, 0.5) is 0 Å². The van der Waals surface area contributed by atoms with Gasteiger partial charge in [-0.1, -0.05) is 6.07 Å². The van der Waals surface area contributed by atoms with Crippen molar-refractivity contribution in [3.05, 3.63) is 22.4 Å². The van der Waals surface area contributed by atoms with E-state index >= 15 is 0 Å². The van der Waals surface area contributed by atoms with Gasteiger partial charge in [-0.05, 0) is 11.4 Å². The highest BCUT2D eigenvalue weighted by atomic mass is 32.1. The summed E-state index contributed by atoms with van der Waals surface area (Å²) in [5.74, 6) is 0. The van der Waals surface area contributed by atoms with E-state index in [4.69, 9.17) is 4.74 Å². The number of hydrogen-bond donors (Lipinski definition) is 2. The van der Waals surface area contributed by atoms with Gasteiger partial charge >= 0.3 is 0 Å². The minimum absolute atomic E-state index is 0.945. The van der Waals surface area contributed by atoms with E-state index in [0.717, 1.165) is 19.8 Å². The van der Waals surface area contributed by atoms with Crippen molar-refractivity contribution < 1.29 is 15.0 Å². The van der Waals surface area contributed by atoms with Crippen LogP contribution < -0.4 is 10.2 Å². The summed E-state index contributed by atoms with van der Waals surface area (Å²) in [5.41, 5.74) is 0. The average Bonchev–Trinajstić information content (AvgIpc) is 2.79. The molecule has 4 heteroatoms. The molecule has 0 bridgehead atoms. The second-order valence-electron chi connectivity index (χ2n) is 3.97. The van der Waals surface area contributed by atoms with Crippen molar-refractivity contribution in [3.8, 4) is 0 Å². The zero-order valence-electron chi connectivity index (χ0n) is 9.08. The topological polar surface area (TPSA) is 30.3 Å². The Bertz CT molecular complexity index is 258. The van der Waals surface area contributed by atoms with E-state index in [2.05, 4.69) is 22.8 Å². The molecule has 0 unspecified atom stereocenters. The van der Waals surface area contributed by atoms with Crippen LogP contribution in [0.2, 0.25) is 0 Å². The van der Waals surface area contributed by atoms with E-state index in [0.29, 0.717) is 0 Å². The quantitative estimate of drug-likeness (QED) is 0.605. The van der Waals surface area contributed by atoms with E-state index in [1.54, 1.807) is 4.90 Å². The Balaban J connectivity index is 1.54. The first kappa shape index (κ1) is 11.1. The Labute approximate surface area is 95.0 Å². The van der Waals surface area contributed by atoms with E-state index < -0.39 is 0 Å². The molecular formula is C11H20N2OS+2. The lowest BCUT2D eigenvalue weighted by molar-refractivity contribution is -0.920. The number of quaternary nitrogens is 2. The van der Waals surface area contributed by atoms with Crippen molar-refractivity contribution in [2.45, 2.75) is 6.54 Å². The highest BCUT2D eigenvalue weighted by Gasteiger charge is 2.13. The number of hydrogen-bond acceptors (Lipinski definition) is 2. The second-order valence-corrected chi connectivity index (χ2v) is 5.01. The van der Waals surface area contributed by atoms with Gasteiger partial charge in [-0.15, -0.1) is 11.3 Å². The number of ether oxygens (including phenoxy) is 1. The maximum atomic E-state index is 5.34. The van der Waals surface area contributed by atoms with Crippen molar-refractivity contribution in [2.75, 3.05) is 39.4 Å². The number of nitrogens with one attached hydrogen (secondary N) is 1. The van der Waals surface area contributed by atoms with Crippen LogP contribution in [-0.4, -0.2) is 39.4 Å². The highest BCUT2D eigenvalue weighted by molar-refractivity contribution is 7.09. The Morgan fingerprint density at radius 1 is 1.40 bits per heavy atom. The predicted octanol–water partition coefficient (Wildman–Crippen LogP) is -1.27. The molecule has 0 aliphatic carbocycles. The van der Waals surface area contributed by atoms with Gasteiger partial charge in [0.1, 0.15) is 32.7 Å². The van der Waals surface area contributed by atoms with Gasteiger partial charge in [0, 0.05) is 0 Å². The van der Waals surface area contributed by atoms with Crippen LogP contribution >= 0.6 is 11.3 Å². The van der Waals surface area contributed by atoms with Crippen molar-refractivity contribution in [1.82, 2.24) is 0 Å². The minimum Gasteiger partial charge on any atom is -0.370 e. The summed E-state index contributed by atoms with van der Waals surface area (Å²) in [4.78, 5) is 3.18. The molecule has 0 spiro atoms. The number of thiophene rings is 1. The lowest BCUT2D eigenvalue weighted by Crippen LogP contribution is -3.16. The maximum Gasteiger partial charge on any atom is 0.127 e. The van der Waals surface area contributed by atoms with Gasteiger partial charge in [0.15, 0.2) is 0 Å². The summed E-state index contributed by atoms with van der Waals surface area (Å²) in [6.45, 7) is 7.91. The predicted molar refractivity (Wildman–Crippen MR) is 61.2 cm³/mol. The summed E-state index contributed by atoms with van der Waals surface area (Å²) >= 11 is 1.85. The smallest absolute Gasteiger partial charge is 0.127 e. The molecule has 1 aromatic heterocycles. The molecular weight excluding hydrogens is 208 g/mol. The standard InChI is InChI=1S/C11H18N2OS/c1-2-11(15-9-1)10-12-3-4-13-5-7-14-8-6-13/h1-2,9,12H,3-8,10H2/p+2. The molecule has 1 saturated heterocycles. The third kappa shape index (κ3) is 3.91. The molecule has 3 N–H and O–H groups in total. The lowest BCUT2D eigenvalue weighted by Gasteiger charge is -2.22. The minimum atomic E-state index is 0.945. The van der Waals surface area contributed by atoms with E-state index in [1.807, 2.05) is 11.3 Å². The fraction of sp³-hybridized carbons (Fsp3) is 0.636. The van der Waals surface area contributed by atoms with Crippen molar-refractivity contribution >= 4 is 11.3 Å². The first-order valence-corrected chi connectivity index (χ1v) is 6.58. The molecule has 1 aromatic rings. The van der Waals surface area contributed by atoms with Gasteiger partial charge in [0.25, 0.3) is 0 Å². The van der Waals surface area contributed by atoms with Crippen molar-refractivity contribution in [2.24, 2.45) is 0 Å². The van der Waals surface area contributed by atoms with Crippen LogP contribution in [-0.2, 0) is 11.3 Å². The van der Waals surface area contributed by atoms with Gasteiger partial charge in [-0.2, -0.15) is 0 Å². The first-order valence-electron chi connectivity index (χ1n) is 5.70. The molecule has 1 aliphatic rings. The molecule has 2 heterocycles. The van der Waals surface area contributed by atoms with Gasteiger partial charge in [-0.3, -0.25) is 0 Å². The number of rotatable bonds is 5. The molecule has 2 rings (SSSR count). The molecule has 1 aliphatic heterocycles. The van der Waals surface area contributed by atoms with Crippen LogP contribution in [0.15, 0.2) is 17.5 Å². The van der Waals surface area contributed by atoms with E-state index in [-0.39, 0.29) is 0 Å². The van der Waals surface area contributed by atoms with Gasteiger partial charge in [-0.25, -0.2) is 0 Å². The molecule has 0 aromatic carbocycles. The van der Waals surface area contributed by atoms with Crippen LogP contribution in [0, 0.1) is 0 Å². The summed E-state index contributed by atoms with van der Waals surface area (Å²) in [5, 5.41) is 4.56. The van der Waals surface area contributed by atoms with E-state index in [1.165, 1.54) is 31.1 Å². The van der Waals surface area contributed by atoms with Crippen LogP contribution in [0.5, 0.6) is 0 Å². The summed E-state index contributed by atoms with van der Waals surface area (Å²) in [7, 11) is 0. The van der Waals surface area contributed by atoms with Gasteiger partial charge in [0.05, 0.1) is 18.1 Å². The molecule has 0 radical (unpaired) electrons. The van der Waals surface area contributed by atoms with Crippen LogP contribution in [0.25, 0.3) is 0 Å². The molecule has 0 atom stereocenters. The number of nitrogens with two attached hydrogens (primary N) is 1. The average molecular weight is 228 g/mol. The van der Waals surface area contributed by atoms with Gasteiger partial charge < -0.3 is 15.0 Å². The molecule has 84 valence electrons. The summed E-state index contributed by atoms with van der Waals surface area (Å²) in [6.07, 6.45) is 0. The molecule has 3 nitrogen and oxygen atoms in total. The normalized spacial score (nSPS) is 18.1. The monoisotopic (exact) mass is 228 g/mol. The van der Waals surface area contributed by atoms with Crippen molar-refractivity contribution in [1.29, 1.82) is 0 Å². The van der Waals surface area contributed by atoms with Crippen LogP contribution in [0.3, 0.4) is 0 Å². The Hall–Kier alpha value is -0.420. The largest absolute Gasteiger partial charge is 0.370 e. The van der Waals surface area contributed by atoms with E-state index in [9.17, 15) is 0 Å². The Morgan fingerprint density at radius 2 is 2.27 bits per heavy atom. The second kappa shape index (κ2) is 6.23. The lowest BCUT2D eigenvalue weighted by atomic mass is 10.4. The molecule has 15 heavy (non-hydrogen) atoms. The highest BCUT2D eigenvalue weighted by Crippen LogP contribution is 2.05. The molecule has 0 amide bonds. The maximum absolute atomic E-state index is 5.34. The summed E-state index contributed by atoms with van der Waals surface area (Å²) < 4.78 is 5.34. The third-order valence-electron chi connectivity index (χ3n) is 2.83. The summed E-state index contributed by atoms with van der Waals surface area (Å²) in [6, 6.07) is 4.34. The third-order valence-corrected chi connectivity index (χ3v) is 3.73. The molecule has 0 saturated carbocycles. The fourth-order valence-electron chi connectivity index (χ4n) is 1.89. The first-order chi connectivity index (χ1) is 7.45. The Kier molecular flexibility index (Phi) is 4.60.